The van der Waals surface area contributed by atoms with Crippen LogP contribution >= 0.6 is 0 Å². The highest BCUT2D eigenvalue weighted by atomic mass is 16.2. The highest BCUT2D eigenvalue weighted by Gasteiger charge is 2.19. The van der Waals surface area contributed by atoms with Crippen molar-refractivity contribution in [2.45, 2.75) is 25.8 Å². The van der Waals surface area contributed by atoms with E-state index in [9.17, 15) is 4.79 Å². The summed E-state index contributed by atoms with van der Waals surface area (Å²) in [5.74, 6) is 5.52. The van der Waals surface area contributed by atoms with Crippen LogP contribution in [0.2, 0.25) is 0 Å². The number of aliphatic hydroxyl groups is 1. The standard InChI is InChI=1S/C17H22N2O2/c1-18(17(21)19-10-3-2-4-11-19)14-16-8-5-7-15(13-16)9-6-12-20/h5,7-8,13,20H,2-4,10-12,14H2,1H3. The number of rotatable bonds is 2. The third-order valence-electron chi connectivity index (χ3n) is 3.61. The van der Waals surface area contributed by atoms with E-state index in [2.05, 4.69) is 11.8 Å². The van der Waals surface area contributed by atoms with Crippen molar-refractivity contribution in [1.29, 1.82) is 0 Å². The van der Waals surface area contributed by atoms with Crippen molar-refractivity contribution in [2.75, 3.05) is 26.7 Å². The molecule has 1 aromatic carbocycles. The molecule has 0 spiro atoms. The van der Waals surface area contributed by atoms with Crippen LogP contribution in [0.15, 0.2) is 24.3 Å². The van der Waals surface area contributed by atoms with Crippen molar-refractivity contribution in [3.05, 3.63) is 35.4 Å². The molecule has 0 saturated carbocycles. The predicted octanol–water partition coefficient (Wildman–Crippen LogP) is 2.07. The van der Waals surface area contributed by atoms with Crippen LogP contribution in [-0.4, -0.2) is 47.7 Å². The number of aliphatic hydroxyl groups excluding tert-OH is 1. The van der Waals surface area contributed by atoms with Gasteiger partial charge >= 0.3 is 6.03 Å². The Morgan fingerprint density at radius 2 is 2.10 bits per heavy atom. The number of nitrogens with zero attached hydrogens (tertiary/aromatic N) is 2. The average molecular weight is 286 g/mol. The van der Waals surface area contributed by atoms with Gasteiger partial charge in [0.25, 0.3) is 0 Å². The van der Waals surface area contributed by atoms with E-state index in [4.69, 9.17) is 5.11 Å². The molecule has 1 aliphatic heterocycles. The second-order valence-electron chi connectivity index (χ2n) is 5.35. The summed E-state index contributed by atoms with van der Waals surface area (Å²) < 4.78 is 0. The Morgan fingerprint density at radius 1 is 1.33 bits per heavy atom. The van der Waals surface area contributed by atoms with Crippen molar-refractivity contribution in [1.82, 2.24) is 9.80 Å². The molecule has 0 bridgehead atoms. The van der Waals surface area contributed by atoms with Crippen LogP contribution in [0.25, 0.3) is 0 Å². The maximum atomic E-state index is 12.4. The van der Waals surface area contributed by atoms with Gasteiger partial charge in [-0.15, -0.1) is 0 Å². The molecule has 112 valence electrons. The summed E-state index contributed by atoms with van der Waals surface area (Å²) in [5.41, 5.74) is 1.91. The molecule has 1 heterocycles. The van der Waals surface area contributed by atoms with Crippen LogP contribution in [0.4, 0.5) is 4.79 Å². The normalized spacial score (nSPS) is 14.3. The molecule has 2 amide bonds. The SMILES string of the molecule is CN(Cc1cccc(C#CCO)c1)C(=O)N1CCCCC1. The Hall–Kier alpha value is -1.99. The molecule has 0 unspecified atom stereocenters. The molecular formula is C17H22N2O2. The number of urea groups is 1. The topological polar surface area (TPSA) is 43.8 Å². The van der Waals surface area contributed by atoms with Gasteiger partial charge in [-0.3, -0.25) is 0 Å². The lowest BCUT2D eigenvalue weighted by Crippen LogP contribution is -2.43. The zero-order valence-corrected chi connectivity index (χ0v) is 12.5. The maximum Gasteiger partial charge on any atom is 0.320 e. The number of amides is 2. The van der Waals surface area contributed by atoms with Gasteiger partial charge in [0, 0.05) is 32.2 Å². The quantitative estimate of drug-likeness (QED) is 0.846. The molecule has 0 radical (unpaired) electrons. The molecule has 1 saturated heterocycles. The van der Waals surface area contributed by atoms with Crippen molar-refractivity contribution < 1.29 is 9.90 Å². The maximum absolute atomic E-state index is 12.4. The van der Waals surface area contributed by atoms with E-state index in [-0.39, 0.29) is 12.6 Å². The molecule has 1 N–H and O–H groups in total. The number of benzene rings is 1. The van der Waals surface area contributed by atoms with E-state index in [0.717, 1.165) is 37.1 Å². The van der Waals surface area contributed by atoms with Crippen molar-refractivity contribution in [2.24, 2.45) is 0 Å². The summed E-state index contributed by atoms with van der Waals surface area (Å²) in [7, 11) is 1.84. The summed E-state index contributed by atoms with van der Waals surface area (Å²) >= 11 is 0. The van der Waals surface area contributed by atoms with Crippen LogP contribution in [0.5, 0.6) is 0 Å². The minimum atomic E-state index is -0.141. The third-order valence-corrected chi connectivity index (χ3v) is 3.61. The van der Waals surface area contributed by atoms with Gasteiger partial charge in [-0.05, 0) is 37.0 Å². The van der Waals surface area contributed by atoms with E-state index in [1.807, 2.05) is 36.2 Å². The van der Waals surface area contributed by atoms with Crippen LogP contribution in [0.3, 0.4) is 0 Å². The lowest BCUT2D eigenvalue weighted by Gasteiger charge is -2.31. The van der Waals surface area contributed by atoms with E-state index >= 15 is 0 Å². The molecule has 1 aromatic rings. The fourth-order valence-electron chi connectivity index (χ4n) is 2.56. The van der Waals surface area contributed by atoms with Gasteiger partial charge in [0.05, 0.1) is 0 Å². The Bertz CT molecular complexity index is 539. The Labute approximate surface area is 126 Å². The van der Waals surface area contributed by atoms with Crippen LogP contribution in [0.1, 0.15) is 30.4 Å². The molecule has 1 aliphatic rings. The second kappa shape index (κ2) is 7.70. The highest BCUT2D eigenvalue weighted by Crippen LogP contribution is 2.13. The lowest BCUT2D eigenvalue weighted by molar-refractivity contribution is 0.151. The summed E-state index contributed by atoms with van der Waals surface area (Å²) in [6.07, 6.45) is 3.43. The molecule has 4 nitrogen and oxygen atoms in total. The molecule has 0 aromatic heterocycles. The van der Waals surface area contributed by atoms with Crippen LogP contribution in [0, 0.1) is 11.8 Å². The number of hydrogen-bond donors (Lipinski definition) is 1. The zero-order valence-electron chi connectivity index (χ0n) is 12.5. The third kappa shape index (κ3) is 4.51. The Balaban J connectivity index is 1.98. The Kier molecular flexibility index (Phi) is 5.65. The van der Waals surface area contributed by atoms with Crippen LogP contribution in [-0.2, 0) is 6.54 Å². The monoisotopic (exact) mass is 286 g/mol. The first-order valence-electron chi connectivity index (χ1n) is 7.39. The van der Waals surface area contributed by atoms with E-state index < -0.39 is 0 Å². The summed E-state index contributed by atoms with van der Waals surface area (Å²) in [6.45, 7) is 2.16. The number of carbonyl (C=O) groups excluding carboxylic acids is 1. The average Bonchev–Trinajstić information content (AvgIpc) is 2.53. The smallest absolute Gasteiger partial charge is 0.320 e. The minimum Gasteiger partial charge on any atom is -0.384 e. The fraction of sp³-hybridized carbons (Fsp3) is 0.471. The number of carbonyl (C=O) groups is 1. The second-order valence-corrected chi connectivity index (χ2v) is 5.35. The van der Waals surface area contributed by atoms with Gasteiger partial charge in [0.15, 0.2) is 0 Å². The van der Waals surface area contributed by atoms with Gasteiger partial charge in [0.1, 0.15) is 6.61 Å². The lowest BCUT2D eigenvalue weighted by atomic mass is 10.1. The van der Waals surface area contributed by atoms with Crippen LogP contribution < -0.4 is 0 Å². The van der Waals surface area contributed by atoms with E-state index in [0.29, 0.717) is 6.54 Å². The fourth-order valence-corrected chi connectivity index (χ4v) is 2.56. The first-order valence-corrected chi connectivity index (χ1v) is 7.39. The minimum absolute atomic E-state index is 0.0987. The van der Waals surface area contributed by atoms with Crippen molar-refractivity contribution >= 4 is 6.03 Å². The summed E-state index contributed by atoms with van der Waals surface area (Å²) in [4.78, 5) is 16.0. The Morgan fingerprint density at radius 3 is 2.81 bits per heavy atom. The molecular weight excluding hydrogens is 264 g/mol. The predicted molar refractivity (Wildman–Crippen MR) is 82.7 cm³/mol. The number of hydrogen-bond acceptors (Lipinski definition) is 2. The van der Waals surface area contributed by atoms with Gasteiger partial charge in [-0.1, -0.05) is 24.0 Å². The van der Waals surface area contributed by atoms with Gasteiger partial charge < -0.3 is 14.9 Å². The number of likely N-dealkylation sites (tertiary alicyclic amines) is 1. The first kappa shape index (κ1) is 15.4. The largest absolute Gasteiger partial charge is 0.384 e. The molecule has 1 fully saturated rings. The zero-order chi connectivity index (χ0) is 15.1. The first-order chi connectivity index (χ1) is 10.2. The summed E-state index contributed by atoms with van der Waals surface area (Å²) in [6, 6.07) is 7.88. The molecule has 4 heteroatoms. The summed E-state index contributed by atoms with van der Waals surface area (Å²) in [5, 5.41) is 8.73. The molecule has 2 rings (SSSR count). The molecule has 0 aliphatic carbocycles. The van der Waals surface area contributed by atoms with Crippen molar-refractivity contribution in [3.8, 4) is 11.8 Å². The van der Waals surface area contributed by atoms with E-state index in [1.165, 1.54) is 6.42 Å². The molecule has 21 heavy (non-hydrogen) atoms. The highest BCUT2D eigenvalue weighted by molar-refractivity contribution is 5.74. The van der Waals surface area contributed by atoms with Gasteiger partial charge in [-0.2, -0.15) is 0 Å². The van der Waals surface area contributed by atoms with Crippen molar-refractivity contribution in [3.63, 3.8) is 0 Å². The number of piperidine rings is 1. The van der Waals surface area contributed by atoms with E-state index in [1.54, 1.807) is 4.90 Å². The molecule has 0 atom stereocenters. The van der Waals surface area contributed by atoms with Gasteiger partial charge in [-0.25, -0.2) is 4.79 Å². The van der Waals surface area contributed by atoms with Gasteiger partial charge in [0.2, 0.25) is 0 Å².